The van der Waals surface area contributed by atoms with Crippen LogP contribution in [0.1, 0.15) is 47.2 Å². The maximum absolute atomic E-state index is 13.0. The second-order valence-corrected chi connectivity index (χ2v) is 8.20. The van der Waals surface area contributed by atoms with Crippen molar-refractivity contribution in [1.82, 2.24) is 19.6 Å². The Morgan fingerprint density at radius 2 is 1.97 bits per heavy atom. The molecule has 2 aromatic heterocycles. The van der Waals surface area contributed by atoms with Crippen molar-refractivity contribution in [2.75, 3.05) is 27.3 Å². The van der Waals surface area contributed by atoms with E-state index in [2.05, 4.69) is 14.7 Å². The lowest BCUT2D eigenvalue weighted by molar-refractivity contribution is -0.131. The molecule has 3 heterocycles. The summed E-state index contributed by atoms with van der Waals surface area (Å²) in [5.41, 5.74) is 2.86. The van der Waals surface area contributed by atoms with Crippen LogP contribution in [0.5, 0.6) is 11.5 Å². The zero-order chi connectivity index (χ0) is 22.7. The third-order valence-electron chi connectivity index (χ3n) is 6.30. The van der Waals surface area contributed by atoms with Crippen LogP contribution in [0, 0.1) is 13.8 Å². The lowest BCUT2D eigenvalue weighted by Crippen LogP contribution is -2.39. The number of hydrogen-bond acceptors (Lipinski definition) is 6. The van der Waals surface area contributed by atoms with Crippen LogP contribution in [0.15, 0.2) is 35.1 Å². The molecule has 3 aromatic rings. The summed E-state index contributed by atoms with van der Waals surface area (Å²) in [6.07, 6.45) is 5.93. The van der Waals surface area contributed by atoms with E-state index in [1.165, 1.54) is 0 Å². The molecular weight excluding hydrogens is 408 g/mol. The SMILES string of the molecule is COc1cccc(CC(=O)N2CCC(c3nccn3Cc3c(C)noc3C)CC2)c1OC. The number of carbonyl (C=O) groups is 1. The first-order chi connectivity index (χ1) is 15.5. The fourth-order valence-corrected chi connectivity index (χ4v) is 4.47. The first-order valence-corrected chi connectivity index (χ1v) is 10.9. The van der Waals surface area contributed by atoms with Crippen molar-refractivity contribution in [2.45, 2.75) is 45.6 Å². The van der Waals surface area contributed by atoms with Crippen molar-refractivity contribution in [3.63, 3.8) is 0 Å². The first-order valence-electron chi connectivity index (χ1n) is 10.9. The highest BCUT2D eigenvalue weighted by atomic mass is 16.5. The Kier molecular flexibility index (Phi) is 6.48. The number of imidazole rings is 1. The Bertz CT molecular complexity index is 1060. The van der Waals surface area contributed by atoms with Gasteiger partial charge in [0.05, 0.1) is 32.9 Å². The molecular formula is C24H30N4O4. The highest BCUT2D eigenvalue weighted by Gasteiger charge is 2.27. The summed E-state index contributed by atoms with van der Waals surface area (Å²) in [6, 6.07) is 5.63. The summed E-state index contributed by atoms with van der Waals surface area (Å²) in [7, 11) is 3.20. The summed E-state index contributed by atoms with van der Waals surface area (Å²) in [5.74, 6) is 3.60. The van der Waals surface area contributed by atoms with E-state index in [-0.39, 0.29) is 5.91 Å². The third kappa shape index (κ3) is 4.35. The minimum atomic E-state index is 0.106. The molecule has 32 heavy (non-hydrogen) atoms. The molecule has 170 valence electrons. The van der Waals surface area contributed by atoms with Crippen LogP contribution >= 0.6 is 0 Å². The minimum Gasteiger partial charge on any atom is -0.493 e. The molecule has 0 radical (unpaired) electrons. The average molecular weight is 439 g/mol. The van der Waals surface area contributed by atoms with Crippen molar-refractivity contribution in [3.8, 4) is 11.5 Å². The number of piperidine rings is 1. The zero-order valence-electron chi connectivity index (χ0n) is 19.1. The maximum Gasteiger partial charge on any atom is 0.227 e. The number of rotatable bonds is 7. The molecule has 1 fully saturated rings. The van der Waals surface area contributed by atoms with E-state index in [0.717, 1.165) is 41.2 Å². The Morgan fingerprint density at radius 1 is 1.19 bits per heavy atom. The van der Waals surface area contributed by atoms with Gasteiger partial charge in [0.25, 0.3) is 0 Å². The highest BCUT2D eigenvalue weighted by Crippen LogP contribution is 2.32. The highest BCUT2D eigenvalue weighted by molar-refractivity contribution is 5.80. The van der Waals surface area contributed by atoms with Gasteiger partial charge >= 0.3 is 0 Å². The third-order valence-corrected chi connectivity index (χ3v) is 6.30. The van der Waals surface area contributed by atoms with E-state index in [1.54, 1.807) is 14.2 Å². The Balaban J connectivity index is 1.39. The number of carbonyl (C=O) groups excluding carboxylic acids is 1. The van der Waals surface area contributed by atoms with Crippen molar-refractivity contribution in [2.24, 2.45) is 0 Å². The molecule has 1 aliphatic rings. The largest absolute Gasteiger partial charge is 0.493 e. The molecule has 1 amide bonds. The van der Waals surface area contributed by atoms with Crippen LogP contribution in [0.25, 0.3) is 0 Å². The van der Waals surface area contributed by atoms with Crippen LogP contribution in [-0.4, -0.2) is 52.8 Å². The lowest BCUT2D eigenvalue weighted by Gasteiger charge is -2.32. The number of methoxy groups -OCH3 is 2. The monoisotopic (exact) mass is 438 g/mol. The summed E-state index contributed by atoms with van der Waals surface area (Å²) < 4.78 is 18.3. The number of aryl methyl sites for hydroxylation is 2. The molecule has 8 nitrogen and oxygen atoms in total. The number of hydrogen-bond donors (Lipinski definition) is 0. The van der Waals surface area contributed by atoms with Crippen molar-refractivity contribution in [3.05, 3.63) is 59.0 Å². The van der Waals surface area contributed by atoms with E-state index >= 15 is 0 Å². The lowest BCUT2D eigenvalue weighted by atomic mass is 9.95. The number of likely N-dealkylation sites (tertiary alicyclic amines) is 1. The topological polar surface area (TPSA) is 82.6 Å². The standard InChI is InChI=1S/C24H30N4O4/c1-16-20(17(2)32-26-16)15-28-13-10-25-24(28)18-8-11-27(12-9-18)22(29)14-19-6-5-7-21(30-3)23(19)31-4/h5-7,10,13,18H,8-9,11-12,14-15H2,1-4H3. The maximum atomic E-state index is 13.0. The van der Waals surface area contributed by atoms with Gasteiger partial charge in [-0.05, 0) is 32.8 Å². The second kappa shape index (κ2) is 9.46. The molecule has 0 atom stereocenters. The number of benzene rings is 1. The Morgan fingerprint density at radius 3 is 2.62 bits per heavy atom. The normalized spacial score (nSPS) is 14.6. The fraction of sp³-hybridized carbons (Fsp3) is 0.458. The minimum absolute atomic E-state index is 0.106. The van der Waals surface area contributed by atoms with Gasteiger partial charge in [0.2, 0.25) is 5.91 Å². The number of amides is 1. The summed E-state index contributed by atoms with van der Waals surface area (Å²) >= 11 is 0. The van der Waals surface area contributed by atoms with Gasteiger partial charge in [-0.3, -0.25) is 4.79 Å². The van der Waals surface area contributed by atoms with Crippen molar-refractivity contribution in [1.29, 1.82) is 0 Å². The van der Waals surface area contributed by atoms with Crippen LogP contribution in [-0.2, 0) is 17.8 Å². The average Bonchev–Trinajstić information content (AvgIpc) is 3.41. The molecule has 1 aromatic carbocycles. The molecule has 0 unspecified atom stereocenters. The predicted octanol–water partition coefficient (Wildman–Crippen LogP) is 3.50. The molecule has 4 rings (SSSR count). The predicted molar refractivity (Wildman–Crippen MR) is 119 cm³/mol. The van der Waals surface area contributed by atoms with E-state index < -0.39 is 0 Å². The zero-order valence-corrected chi connectivity index (χ0v) is 19.1. The van der Waals surface area contributed by atoms with Crippen molar-refractivity contribution >= 4 is 5.91 Å². The van der Waals surface area contributed by atoms with Gasteiger partial charge in [0.15, 0.2) is 11.5 Å². The van der Waals surface area contributed by atoms with E-state index in [4.69, 9.17) is 14.0 Å². The van der Waals surface area contributed by atoms with E-state index in [1.807, 2.05) is 49.3 Å². The van der Waals surface area contributed by atoms with Gasteiger partial charge in [0, 0.05) is 42.5 Å². The second-order valence-electron chi connectivity index (χ2n) is 8.20. The van der Waals surface area contributed by atoms with Crippen LogP contribution in [0.3, 0.4) is 0 Å². The number of ether oxygens (including phenoxy) is 2. The molecule has 8 heteroatoms. The van der Waals surface area contributed by atoms with Gasteiger partial charge in [-0.2, -0.15) is 0 Å². The van der Waals surface area contributed by atoms with Crippen LogP contribution in [0.2, 0.25) is 0 Å². The summed E-state index contributed by atoms with van der Waals surface area (Å²) in [5, 5.41) is 4.06. The number of aromatic nitrogens is 3. The molecule has 0 aliphatic carbocycles. The smallest absolute Gasteiger partial charge is 0.227 e. The number of para-hydroxylation sites is 1. The number of nitrogens with zero attached hydrogens (tertiary/aromatic N) is 4. The summed E-state index contributed by atoms with van der Waals surface area (Å²) in [6.45, 7) is 6.03. The van der Waals surface area contributed by atoms with Gasteiger partial charge < -0.3 is 23.5 Å². The quantitative estimate of drug-likeness (QED) is 0.562. The van der Waals surface area contributed by atoms with E-state index in [0.29, 0.717) is 43.5 Å². The molecule has 1 saturated heterocycles. The molecule has 0 bridgehead atoms. The molecule has 0 spiro atoms. The van der Waals surface area contributed by atoms with Gasteiger partial charge in [-0.25, -0.2) is 4.98 Å². The van der Waals surface area contributed by atoms with Gasteiger partial charge in [0.1, 0.15) is 11.6 Å². The van der Waals surface area contributed by atoms with Crippen molar-refractivity contribution < 1.29 is 18.8 Å². The van der Waals surface area contributed by atoms with Crippen LogP contribution < -0.4 is 9.47 Å². The fourth-order valence-electron chi connectivity index (χ4n) is 4.47. The Labute approximate surface area is 188 Å². The summed E-state index contributed by atoms with van der Waals surface area (Å²) in [4.78, 5) is 19.6. The molecule has 0 N–H and O–H groups in total. The van der Waals surface area contributed by atoms with E-state index in [9.17, 15) is 4.79 Å². The van der Waals surface area contributed by atoms with Gasteiger partial charge in [-0.1, -0.05) is 17.3 Å². The molecule has 0 saturated carbocycles. The Hall–Kier alpha value is -3.29. The molecule has 1 aliphatic heterocycles. The first kappa shape index (κ1) is 21.9. The van der Waals surface area contributed by atoms with Gasteiger partial charge in [-0.15, -0.1) is 0 Å². The van der Waals surface area contributed by atoms with Crippen LogP contribution in [0.4, 0.5) is 0 Å².